The molecule has 23 rings (SSSR count). The molecule has 102 heavy (non-hydrogen) atoms. The minimum absolute atomic E-state index is 0.384. The summed E-state index contributed by atoms with van der Waals surface area (Å²) in [5.41, 5.74) is 32.0. The molecule has 470 valence electrons. The second-order valence-corrected chi connectivity index (χ2v) is 28.0. The Hall–Kier alpha value is -13.1. The number of fused-ring (bicyclic) bond motifs is 23. The van der Waals surface area contributed by atoms with Crippen LogP contribution in [-0.4, -0.2) is 9.97 Å². The topological polar surface area (TPSA) is 25.8 Å². The number of pyridine rings is 2. The normalized spacial score (nSPS) is 13.5. The van der Waals surface area contributed by atoms with Crippen molar-refractivity contribution in [1.29, 1.82) is 0 Å². The molecule has 0 bridgehead atoms. The highest BCUT2D eigenvalue weighted by molar-refractivity contribution is 6.28. The zero-order valence-corrected chi connectivity index (χ0v) is 55.5. The van der Waals surface area contributed by atoms with Gasteiger partial charge in [0.1, 0.15) is 0 Å². The Morgan fingerprint density at radius 1 is 0.176 bits per heavy atom. The first-order valence-electron chi connectivity index (χ1n) is 35.5. The van der Waals surface area contributed by atoms with Gasteiger partial charge in [-0.1, -0.05) is 328 Å². The van der Waals surface area contributed by atoms with E-state index < -0.39 is 5.41 Å². The molecule has 0 aliphatic heterocycles. The fourth-order valence-corrected chi connectivity index (χ4v) is 19.2. The number of hydrogen-bond acceptors (Lipinski definition) is 2. The molecule has 0 amide bonds. The molecule has 19 aromatic rings. The minimum Gasteiger partial charge on any atom is -0.256 e. The Morgan fingerprint density at radius 3 is 1.15 bits per heavy atom. The van der Waals surface area contributed by atoms with E-state index in [1.54, 1.807) is 0 Å². The largest absolute Gasteiger partial charge is 0.256 e. The molecule has 0 saturated heterocycles. The number of rotatable bonds is 5. The van der Waals surface area contributed by atoms with Crippen LogP contribution < -0.4 is 0 Å². The lowest BCUT2D eigenvalue weighted by molar-refractivity contribution is 0.791. The van der Waals surface area contributed by atoms with Crippen LogP contribution in [0.4, 0.5) is 0 Å². The van der Waals surface area contributed by atoms with Gasteiger partial charge in [-0.25, -0.2) is 0 Å². The van der Waals surface area contributed by atoms with E-state index in [1.807, 2.05) is 12.4 Å². The van der Waals surface area contributed by atoms with E-state index >= 15 is 0 Å². The Balaban J connectivity index is 0.000000129. The van der Waals surface area contributed by atoms with Crippen LogP contribution in [0.3, 0.4) is 0 Å². The Kier molecular flexibility index (Phi) is 12.1. The minimum atomic E-state index is -0.436. The van der Waals surface area contributed by atoms with Crippen LogP contribution in [0.5, 0.6) is 0 Å². The second-order valence-electron chi connectivity index (χ2n) is 28.0. The zero-order valence-electron chi connectivity index (χ0n) is 55.5. The van der Waals surface area contributed by atoms with Crippen molar-refractivity contribution in [3.05, 3.63) is 409 Å². The maximum absolute atomic E-state index is 5.09. The third kappa shape index (κ3) is 7.73. The maximum Gasteiger partial charge on any atom is 0.0753 e. The average molecular weight is 1290 g/mol. The fraction of sp³-hybridized carbons (Fsp3) is 0.0200. The number of benzene rings is 17. The van der Waals surface area contributed by atoms with Crippen molar-refractivity contribution in [3.8, 4) is 100 Å². The lowest BCUT2D eigenvalue weighted by Gasteiger charge is -2.30. The summed E-state index contributed by atoms with van der Waals surface area (Å²) in [6.45, 7) is 0. The van der Waals surface area contributed by atoms with E-state index in [0.717, 1.165) is 11.4 Å². The van der Waals surface area contributed by atoms with E-state index in [9.17, 15) is 0 Å². The SMILES string of the molecule is c1ccc(-c2ccc(-c3c4ccccc4c(-c4ccc5c(c4)C4(c6ccccc6-c6ccccc64)c4cccnc4-5)c4ccccc34)cc2)cc1.c1ccc2c(c1)-c1ccccc1C21c2ccc(-c3ccc4ccc5c(-c6cccc7ccccc67)ccc6ccc3c4c65)cc2-c2ncccc21. The summed E-state index contributed by atoms with van der Waals surface area (Å²) in [4.78, 5) is 10.1. The van der Waals surface area contributed by atoms with E-state index in [0.29, 0.717) is 0 Å². The molecule has 0 radical (unpaired) electrons. The summed E-state index contributed by atoms with van der Waals surface area (Å²) in [5, 5.41) is 15.4. The van der Waals surface area contributed by atoms with E-state index in [1.165, 1.54) is 198 Å². The van der Waals surface area contributed by atoms with Crippen LogP contribution in [-0.2, 0) is 10.8 Å². The molecule has 2 heteroatoms. The van der Waals surface area contributed by atoms with Crippen LogP contribution in [0, 0.1) is 0 Å². The standard InChI is InChI=1S/C50H29N.C50H31N/c1-2-11-34-30(9-1)10-7-14-36(34)37-24-19-32-20-25-40-35(23-18-31-21-26-41(37)48(32)47(31)40)33-22-27-45-42(29-33)49-46(17-8-28-51-49)50(45)43-15-5-3-12-38(43)39-13-4-6-16-44(39)50;1-2-13-32(14-3-1)33-24-26-34(27-25-33)47-38-17-4-6-19-40(38)48(41-20-7-5-18-39(41)47)35-28-29-42-46(31-35)50(45-23-12-30-51-49(42)45)43-21-10-8-15-36(43)37-16-9-11-22-44(37)50/h1-29H;1-31H. The van der Waals surface area contributed by atoms with Crippen molar-refractivity contribution < 1.29 is 0 Å². The first kappa shape index (κ1) is 56.8. The van der Waals surface area contributed by atoms with Crippen molar-refractivity contribution in [2.24, 2.45) is 0 Å². The van der Waals surface area contributed by atoms with Gasteiger partial charge in [0.15, 0.2) is 0 Å². The predicted molar refractivity (Wildman–Crippen MR) is 424 cm³/mol. The van der Waals surface area contributed by atoms with Crippen molar-refractivity contribution in [3.63, 3.8) is 0 Å². The molecule has 2 spiro atoms. The van der Waals surface area contributed by atoms with Gasteiger partial charge in [0.05, 0.1) is 22.2 Å². The summed E-state index contributed by atoms with van der Waals surface area (Å²) >= 11 is 0. The molecule has 0 saturated carbocycles. The van der Waals surface area contributed by atoms with Gasteiger partial charge in [-0.3, -0.25) is 9.97 Å². The van der Waals surface area contributed by atoms with Gasteiger partial charge in [-0.15, -0.1) is 0 Å². The molecule has 0 atom stereocenters. The molecule has 0 unspecified atom stereocenters. The summed E-state index contributed by atoms with van der Waals surface area (Å²) in [6.07, 6.45) is 3.89. The molecule has 2 heterocycles. The lowest BCUT2D eigenvalue weighted by atomic mass is 9.70. The van der Waals surface area contributed by atoms with Crippen molar-refractivity contribution in [2.75, 3.05) is 0 Å². The van der Waals surface area contributed by atoms with E-state index in [2.05, 4.69) is 352 Å². The molecule has 0 fully saturated rings. The summed E-state index contributed by atoms with van der Waals surface area (Å²) < 4.78 is 0. The van der Waals surface area contributed by atoms with Gasteiger partial charge in [-0.05, 0) is 211 Å². The maximum atomic E-state index is 5.09. The quantitative estimate of drug-likeness (QED) is 0.127. The molecule has 2 aromatic heterocycles. The van der Waals surface area contributed by atoms with Gasteiger partial charge in [0.25, 0.3) is 0 Å². The molecule has 4 aliphatic carbocycles. The van der Waals surface area contributed by atoms with Gasteiger partial charge in [0, 0.05) is 23.5 Å². The van der Waals surface area contributed by atoms with E-state index in [4.69, 9.17) is 9.97 Å². The predicted octanol–water partition coefficient (Wildman–Crippen LogP) is 25.5. The summed E-state index contributed by atoms with van der Waals surface area (Å²) in [5.74, 6) is 0. The molecule has 4 aliphatic rings. The van der Waals surface area contributed by atoms with Crippen molar-refractivity contribution >= 4 is 64.6 Å². The second kappa shape index (κ2) is 21.7. The van der Waals surface area contributed by atoms with Crippen molar-refractivity contribution in [2.45, 2.75) is 10.8 Å². The molecular weight excluding hydrogens is 1230 g/mol. The van der Waals surface area contributed by atoms with Crippen LogP contribution in [0.15, 0.2) is 364 Å². The molecule has 17 aromatic carbocycles. The van der Waals surface area contributed by atoms with Crippen molar-refractivity contribution in [1.82, 2.24) is 9.97 Å². The highest BCUT2D eigenvalue weighted by Gasteiger charge is 2.54. The number of hydrogen-bond donors (Lipinski definition) is 0. The Morgan fingerprint density at radius 2 is 0.559 bits per heavy atom. The zero-order chi connectivity index (χ0) is 66.8. The number of nitrogens with zero attached hydrogens (tertiary/aromatic N) is 2. The Labute approximate surface area is 590 Å². The monoisotopic (exact) mass is 1290 g/mol. The smallest absolute Gasteiger partial charge is 0.0753 e. The number of aromatic nitrogens is 2. The van der Waals surface area contributed by atoms with Gasteiger partial charge in [0.2, 0.25) is 0 Å². The van der Waals surface area contributed by atoms with Gasteiger partial charge < -0.3 is 0 Å². The third-order valence-corrected chi connectivity index (χ3v) is 23.2. The van der Waals surface area contributed by atoms with Gasteiger partial charge in [-0.2, -0.15) is 0 Å². The highest BCUT2D eigenvalue weighted by Crippen LogP contribution is 2.65. The summed E-state index contributed by atoms with van der Waals surface area (Å²) in [6, 6.07) is 130. The first-order valence-corrected chi connectivity index (χ1v) is 35.5. The lowest BCUT2D eigenvalue weighted by Crippen LogP contribution is -2.25. The van der Waals surface area contributed by atoms with Crippen LogP contribution in [0.2, 0.25) is 0 Å². The van der Waals surface area contributed by atoms with Crippen LogP contribution in [0.25, 0.3) is 165 Å². The molecular formula is C100H60N2. The third-order valence-electron chi connectivity index (χ3n) is 23.2. The fourth-order valence-electron chi connectivity index (χ4n) is 19.2. The van der Waals surface area contributed by atoms with Crippen LogP contribution >= 0.6 is 0 Å². The average Bonchev–Trinajstić information content (AvgIpc) is 1.51. The van der Waals surface area contributed by atoms with Crippen LogP contribution in [0.1, 0.15) is 44.5 Å². The first-order chi connectivity index (χ1) is 50.6. The van der Waals surface area contributed by atoms with E-state index in [-0.39, 0.29) is 5.41 Å². The summed E-state index contributed by atoms with van der Waals surface area (Å²) in [7, 11) is 0. The van der Waals surface area contributed by atoms with Gasteiger partial charge >= 0.3 is 0 Å². The molecule has 2 nitrogen and oxygen atoms in total. The highest BCUT2D eigenvalue weighted by atomic mass is 14.7. The Bertz CT molecular complexity index is 6580. The molecule has 0 N–H and O–H groups in total.